The summed E-state index contributed by atoms with van der Waals surface area (Å²) >= 11 is 6.06. The van der Waals surface area contributed by atoms with Crippen molar-refractivity contribution in [3.8, 4) is 0 Å². The maximum Gasteiger partial charge on any atom is 0.325 e. The average molecular weight is 461 g/mol. The molecule has 0 aliphatic heterocycles. The van der Waals surface area contributed by atoms with Gasteiger partial charge in [0.25, 0.3) is 0 Å². The monoisotopic (exact) mass is 460 g/mol. The number of benzene rings is 3. The van der Waals surface area contributed by atoms with Gasteiger partial charge in [0.05, 0.1) is 24.2 Å². The fourth-order valence-electron chi connectivity index (χ4n) is 4.25. The Bertz CT molecular complexity index is 1250. The lowest BCUT2D eigenvalue weighted by molar-refractivity contribution is -0.139. The molecule has 6 heteroatoms. The van der Waals surface area contributed by atoms with Gasteiger partial charge in [0.1, 0.15) is 6.54 Å². The standard InChI is InChI=1S/C27H25ClN2O3/c1-3-25(30(17-27(32)33-2)19-14-12-18(28)13-15-19)26(31)16-22-20-8-4-6-10-23(20)29-24-11-7-5-9-21(22)24/h4-15,25H,3,16-17H2,1-2H3/t25-/m1/s1. The molecule has 1 aromatic heterocycles. The number of Topliss-reactive ketones (excluding diaryl/α,β-unsaturated/α-hetero) is 1. The van der Waals surface area contributed by atoms with E-state index >= 15 is 0 Å². The van der Waals surface area contributed by atoms with Gasteiger partial charge < -0.3 is 9.64 Å². The van der Waals surface area contributed by atoms with E-state index in [1.54, 1.807) is 17.0 Å². The van der Waals surface area contributed by atoms with Gasteiger partial charge in [-0.15, -0.1) is 0 Å². The number of carbonyl (C=O) groups is 2. The van der Waals surface area contributed by atoms with Crippen LogP contribution < -0.4 is 4.90 Å². The molecule has 33 heavy (non-hydrogen) atoms. The van der Waals surface area contributed by atoms with Crippen molar-refractivity contribution >= 4 is 50.8 Å². The molecule has 0 saturated heterocycles. The lowest BCUT2D eigenvalue weighted by Crippen LogP contribution is -2.45. The minimum atomic E-state index is -0.504. The fourth-order valence-corrected chi connectivity index (χ4v) is 4.38. The normalized spacial score (nSPS) is 12.0. The molecule has 0 N–H and O–H groups in total. The number of esters is 1. The SMILES string of the molecule is CC[C@H](C(=O)Cc1c2ccccc2nc2ccccc12)N(CC(=O)OC)c1ccc(Cl)cc1. The molecule has 168 valence electrons. The fraction of sp³-hybridized carbons (Fsp3) is 0.222. The summed E-state index contributed by atoms with van der Waals surface area (Å²) < 4.78 is 4.91. The summed E-state index contributed by atoms with van der Waals surface area (Å²) in [6, 6.07) is 22.4. The van der Waals surface area contributed by atoms with Crippen LogP contribution in [0.2, 0.25) is 5.02 Å². The number of para-hydroxylation sites is 2. The van der Waals surface area contributed by atoms with Crippen LogP contribution in [0.3, 0.4) is 0 Å². The van der Waals surface area contributed by atoms with Crippen molar-refractivity contribution in [2.24, 2.45) is 0 Å². The molecule has 0 unspecified atom stereocenters. The van der Waals surface area contributed by atoms with Gasteiger partial charge in [-0.05, 0) is 48.4 Å². The summed E-state index contributed by atoms with van der Waals surface area (Å²) in [4.78, 5) is 32.5. The van der Waals surface area contributed by atoms with Crippen molar-refractivity contribution < 1.29 is 14.3 Å². The topological polar surface area (TPSA) is 59.5 Å². The van der Waals surface area contributed by atoms with E-state index in [-0.39, 0.29) is 18.7 Å². The minimum absolute atomic E-state index is 0.0258. The third kappa shape index (κ3) is 4.83. The number of hydrogen-bond donors (Lipinski definition) is 0. The molecule has 0 aliphatic carbocycles. The zero-order chi connectivity index (χ0) is 23.4. The first-order valence-electron chi connectivity index (χ1n) is 10.9. The Morgan fingerprint density at radius 1 is 0.939 bits per heavy atom. The number of methoxy groups -OCH3 is 1. The number of ether oxygens (including phenoxy) is 1. The van der Waals surface area contributed by atoms with Crippen LogP contribution in [0.25, 0.3) is 21.8 Å². The Morgan fingerprint density at radius 2 is 1.52 bits per heavy atom. The van der Waals surface area contributed by atoms with Crippen LogP contribution in [0.15, 0.2) is 72.8 Å². The van der Waals surface area contributed by atoms with Gasteiger partial charge in [-0.2, -0.15) is 0 Å². The summed E-state index contributed by atoms with van der Waals surface area (Å²) in [6.07, 6.45) is 0.771. The molecule has 0 aliphatic rings. The first kappa shape index (κ1) is 22.7. The van der Waals surface area contributed by atoms with Crippen LogP contribution >= 0.6 is 11.6 Å². The molecule has 4 aromatic rings. The summed E-state index contributed by atoms with van der Waals surface area (Å²) in [5.41, 5.74) is 3.41. The number of fused-ring (bicyclic) bond motifs is 2. The number of anilines is 1. The molecule has 1 atom stereocenters. The quantitative estimate of drug-likeness (QED) is 0.252. The predicted octanol–water partition coefficient (Wildman–Crippen LogP) is 5.61. The van der Waals surface area contributed by atoms with E-state index in [2.05, 4.69) is 0 Å². The first-order valence-corrected chi connectivity index (χ1v) is 11.3. The number of rotatable bonds is 8. The lowest BCUT2D eigenvalue weighted by atomic mass is 9.94. The molecule has 0 saturated carbocycles. The van der Waals surface area contributed by atoms with Crippen LogP contribution in [-0.4, -0.2) is 36.4 Å². The van der Waals surface area contributed by atoms with Crippen LogP contribution in [0.5, 0.6) is 0 Å². The number of halogens is 1. The summed E-state index contributed by atoms with van der Waals surface area (Å²) in [7, 11) is 1.35. The molecule has 0 bridgehead atoms. The van der Waals surface area contributed by atoms with Crippen molar-refractivity contribution in [1.29, 1.82) is 0 Å². The second-order valence-corrected chi connectivity index (χ2v) is 8.31. The van der Waals surface area contributed by atoms with Gasteiger partial charge in [-0.1, -0.05) is 54.9 Å². The lowest BCUT2D eigenvalue weighted by Gasteiger charge is -2.31. The van der Waals surface area contributed by atoms with Crippen molar-refractivity contribution in [1.82, 2.24) is 4.98 Å². The maximum atomic E-state index is 13.7. The van der Waals surface area contributed by atoms with E-state index in [4.69, 9.17) is 21.3 Å². The Kier molecular flexibility index (Phi) is 6.90. The van der Waals surface area contributed by atoms with Gasteiger partial charge in [-0.3, -0.25) is 9.59 Å². The van der Waals surface area contributed by atoms with E-state index in [9.17, 15) is 9.59 Å². The van der Waals surface area contributed by atoms with Crippen molar-refractivity contribution in [2.75, 3.05) is 18.6 Å². The van der Waals surface area contributed by atoms with Gasteiger partial charge >= 0.3 is 5.97 Å². The molecular weight excluding hydrogens is 436 g/mol. The first-order chi connectivity index (χ1) is 16.0. The highest BCUT2D eigenvalue weighted by atomic mass is 35.5. The third-order valence-electron chi connectivity index (χ3n) is 5.87. The molecular formula is C27H25ClN2O3. The number of ketones is 1. The highest BCUT2D eigenvalue weighted by Gasteiger charge is 2.28. The van der Waals surface area contributed by atoms with Crippen molar-refractivity contribution in [3.05, 3.63) is 83.4 Å². The molecule has 0 spiro atoms. The second-order valence-electron chi connectivity index (χ2n) is 7.87. The molecule has 1 heterocycles. The number of carbonyl (C=O) groups excluding carboxylic acids is 2. The van der Waals surface area contributed by atoms with Gasteiger partial charge in [0.2, 0.25) is 0 Å². The van der Waals surface area contributed by atoms with E-state index < -0.39 is 12.0 Å². The van der Waals surface area contributed by atoms with Gasteiger partial charge in [0, 0.05) is 27.9 Å². The summed E-state index contributed by atoms with van der Waals surface area (Å²) in [6.45, 7) is 1.92. The largest absolute Gasteiger partial charge is 0.468 e. The highest BCUT2D eigenvalue weighted by Crippen LogP contribution is 2.28. The Hall–Kier alpha value is -3.44. The average Bonchev–Trinajstić information content (AvgIpc) is 2.84. The van der Waals surface area contributed by atoms with Gasteiger partial charge in [-0.25, -0.2) is 4.98 Å². The van der Waals surface area contributed by atoms with E-state index in [1.165, 1.54) is 7.11 Å². The Labute approximate surface area is 197 Å². The smallest absolute Gasteiger partial charge is 0.325 e. The maximum absolute atomic E-state index is 13.7. The van der Waals surface area contributed by atoms with E-state index in [1.807, 2.05) is 67.6 Å². The van der Waals surface area contributed by atoms with Crippen LogP contribution in [0.1, 0.15) is 18.9 Å². The molecule has 0 radical (unpaired) electrons. The number of aromatic nitrogens is 1. The number of pyridine rings is 1. The molecule has 5 nitrogen and oxygen atoms in total. The third-order valence-corrected chi connectivity index (χ3v) is 6.12. The molecule has 3 aromatic carbocycles. The van der Waals surface area contributed by atoms with Crippen LogP contribution in [0, 0.1) is 0 Å². The number of hydrogen-bond acceptors (Lipinski definition) is 5. The van der Waals surface area contributed by atoms with Crippen LogP contribution in [-0.2, 0) is 20.7 Å². The molecule has 4 rings (SSSR count). The zero-order valence-electron chi connectivity index (χ0n) is 18.6. The second kappa shape index (κ2) is 10.0. The van der Waals surface area contributed by atoms with Gasteiger partial charge in [0.15, 0.2) is 5.78 Å². The molecule has 0 amide bonds. The zero-order valence-corrected chi connectivity index (χ0v) is 19.4. The Morgan fingerprint density at radius 3 is 2.06 bits per heavy atom. The predicted molar refractivity (Wildman–Crippen MR) is 133 cm³/mol. The highest BCUT2D eigenvalue weighted by molar-refractivity contribution is 6.30. The van der Waals surface area contributed by atoms with Crippen LogP contribution in [0.4, 0.5) is 5.69 Å². The van der Waals surface area contributed by atoms with E-state index in [0.717, 1.165) is 33.1 Å². The summed E-state index contributed by atoms with van der Waals surface area (Å²) in [5.74, 6) is -0.381. The van der Waals surface area contributed by atoms with Crippen molar-refractivity contribution in [2.45, 2.75) is 25.8 Å². The minimum Gasteiger partial charge on any atom is -0.468 e. The van der Waals surface area contributed by atoms with Crippen molar-refractivity contribution in [3.63, 3.8) is 0 Å². The molecule has 0 fully saturated rings. The Balaban J connectivity index is 1.75. The van der Waals surface area contributed by atoms with E-state index in [0.29, 0.717) is 11.4 Å². The summed E-state index contributed by atoms with van der Waals surface area (Å²) in [5, 5.41) is 2.52. The number of nitrogens with zero attached hydrogens (tertiary/aromatic N) is 2.